The van der Waals surface area contributed by atoms with Gasteiger partial charge in [-0.1, -0.05) is 6.07 Å². The van der Waals surface area contributed by atoms with Crippen LogP contribution in [0.2, 0.25) is 0 Å². The van der Waals surface area contributed by atoms with Gasteiger partial charge in [0.25, 0.3) is 0 Å². The molecule has 2 aromatic rings. The molecule has 2 heterocycles. The predicted molar refractivity (Wildman–Crippen MR) is 60.1 cm³/mol. The van der Waals surface area contributed by atoms with Crippen LogP contribution in [-0.4, -0.2) is 19.7 Å². The van der Waals surface area contributed by atoms with Crippen molar-refractivity contribution in [2.45, 2.75) is 19.9 Å². The van der Waals surface area contributed by atoms with Crippen molar-refractivity contribution in [1.29, 1.82) is 0 Å². The van der Waals surface area contributed by atoms with E-state index in [9.17, 15) is 0 Å². The summed E-state index contributed by atoms with van der Waals surface area (Å²) >= 11 is 5.12. The van der Waals surface area contributed by atoms with Crippen LogP contribution in [-0.2, 0) is 13.0 Å². The maximum absolute atomic E-state index is 5.12. The van der Waals surface area contributed by atoms with E-state index in [2.05, 4.69) is 22.1 Å². The quantitative estimate of drug-likeness (QED) is 0.804. The van der Waals surface area contributed by atoms with Crippen LogP contribution in [0.3, 0.4) is 0 Å². The Kier molecular flexibility index (Phi) is 2.91. The van der Waals surface area contributed by atoms with Gasteiger partial charge in [-0.3, -0.25) is 10.1 Å². The van der Waals surface area contributed by atoms with Gasteiger partial charge in [-0.2, -0.15) is 5.10 Å². The molecule has 2 rings (SSSR count). The van der Waals surface area contributed by atoms with E-state index in [-0.39, 0.29) is 0 Å². The lowest BCUT2D eigenvalue weighted by atomic mass is 10.2. The molecule has 0 saturated heterocycles. The highest BCUT2D eigenvalue weighted by Crippen LogP contribution is 2.06. The van der Waals surface area contributed by atoms with E-state index in [1.807, 2.05) is 22.9 Å². The van der Waals surface area contributed by atoms with Crippen LogP contribution in [0.4, 0.5) is 0 Å². The van der Waals surface area contributed by atoms with Gasteiger partial charge < -0.3 is 4.57 Å². The Labute approximate surface area is 93.0 Å². The SMILES string of the molecule is CCn1c(Cc2cccnc2)n[nH]c1=S. The van der Waals surface area contributed by atoms with Crippen LogP contribution in [0.5, 0.6) is 0 Å². The number of aromatic amines is 1. The third-order valence-electron chi connectivity index (χ3n) is 2.24. The number of pyridine rings is 1. The minimum atomic E-state index is 0.677. The predicted octanol–water partition coefficient (Wildman–Crippen LogP) is 1.95. The first-order chi connectivity index (χ1) is 7.31. The minimum absolute atomic E-state index is 0.677. The zero-order chi connectivity index (χ0) is 10.7. The molecular formula is C10H12N4S. The molecular weight excluding hydrogens is 208 g/mol. The molecule has 0 aliphatic carbocycles. The first-order valence-electron chi connectivity index (χ1n) is 4.84. The maximum atomic E-state index is 5.12. The smallest absolute Gasteiger partial charge is 0.195 e. The molecule has 2 aromatic heterocycles. The number of aromatic nitrogens is 4. The van der Waals surface area contributed by atoms with E-state index in [4.69, 9.17) is 12.2 Å². The summed E-state index contributed by atoms with van der Waals surface area (Å²) in [5, 5.41) is 7.00. The third kappa shape index (κ3) is 2.12. The van der Waals surface area contributed by atoms with Crippen LogP contribution in [0.15, 0.2) is 24.5 Å². The van der Waals surface area contributed by atoms with Gasteiger partial charge in [-0.25, -0.2) is 0 Å². The molecule has 0 aromatic carbocycles. The average Bonchev–Trinajstić information content (AvgIpc) is 2.61. The number of nitrogens with zero attached hydrogens (tertiary/aromatic N) is 3. The lowest BCUT2D eigenvalue weighted by Gasteiger charge is -2.02. The number of H-pyrrole nitrogens is 1. The van der Waals surface area contributed by atoms with Crippen LogP contribution >= 0.6 is 12.2 Å². The van der Waals surface area contributed by atoms with Crippen LogP contribution < -0.4 is 0 Å². The molecule has 0 unspecified atom stereocenters. The van der Waals surface area contributed by atoms with Gasteiger partial charge in [0.1, 0.15) is 5.82 Å². The number of rotatable bonds is 3. The van der Waals surface area contributed by atoms with Gasteiger partial charge in [0.2, 0.25) is 0 Å². The summed E-state index contributed by atoms with van der Waals surface area (Å²) in [7, 11) is 0. The molecule has 5 heteroatoms. The van der Waals surface area contributed by atoms with E-state index < -0.39 is 0 Å². The van der Waals surface area contributed by atoms with E-state index in [0.29, 0.717) is 4.77 Å². The Hall–Kier alpha value is -1.49. The van der Waals surface area contributed by atoms with E-state index in [1.165, 1.54) is 0 Å². The Bertz CT molecular complexity index is 486. The highest BCUT2D eigenvalue weighted by molar-refractivity contribution is 7.71. The fourth-order valence-electron chi connectivity index (χ4n) is 1.50. The van der Waals surface area contributed by atoms with Crippen molar-refractivity contribution in [1.82, 2.24) is 19.7 Å². The second-order valence-electron chi connectivity index (χ2n) is 3.23. The van der Waals surface area contributed by atoms with Gasteiger partial charge in [0.15, 0.2) is 4.77 Å². The molecule has 0 amide bonds. The Morgan fingerprint density at radius 1 is 1.53 bits per heavy atom. The van der Waals surface area contributed by atoms with Crippen molar-refractivity contribution in [2.75, 3.05) is 0 Å². The summed E-state index contributed by atoms with van der Waals surface area (Å²) in [5.74, 6) is 0.954. The first-order valence-corrected chi connectivity index (χ1v) is 5.25. The summed E-state index contributed by atoms with van der Waals surface area (Å²) in [6, 6.07) is 3.96. The van der Waals surface area contributed by atoms with Crippen molar-refractivity contribution in [3.05, 3.63) is 40.7 Å². The van der Waals surface area contributed by atoms with Gasteiger partial charge in [0, 0.05) is 25.4 Å². The largest absolute Gasteiger partial charge is 0.304 e. The molecule has 0 spiro atoms. The van der Waals surface area contributed by atoms with Gasteiger partial charge in [0.05, 0.1) is 0 Å². The molecule has 0 bridgehead atoms. The molecule has 0 fully saturated rings. The van der Waals surface area contributed by atoms with E-state index in [0.717, 1.165) is 24.4 Å². The molecule has 15 heavy (non-hydrogen) atoms. The van der Waals surface area contributed by atoms with Crippen molar-refractivity contribution in [3.8, 4) is 0 Å². The summed E-state index contributed by atoms with van der Waals surface area (Å²) in [6.07, 6.45) is 4.37. The molecule has 0 aliphatic rings. The third-order valence-corrected chi connectivity index (χ3v) is 2.55. The summed E-state index contributed by atoms with van der Waals surface area (Å²) < 4.78 is 2.67. The average molecular weight is 220 g/mol. The molecule has 0 atom stereocenters. The fraction of sp³-hybridized carbons (Fsp3) is 0.300. The second kappa shape index (κ2) is 4.35. The zero-order valence-electron chi connectivity index (χ0n) is 8.47. The molecule has 1 N–H and O–H groups in total. The van der Waals surface area contributed by atoms with Gasteiger partial charge >= 0.3 is 0 Å². The lowest BCUT2D eigenvalue weighted by Crippen LogP contribution is -2.02. The normalized spacial score (nSPS) is 10.5. The van der Waals surface area contributed by atoms with Gasteiger partial charge in [-0.15, -0.1) is 0 Å². The standard InChI is InChI=1S/C10H12N4S/c1-2-14-9(12-13-10(14)15)6-8-4-3-5-11-7-8/h3-5,7H,2,6H2,1H3,(H,13,15). The summed E-state index contributed by atoms with van der Waals surface area (Å²) in [4.78, 5) is 4.07. The Morgan fingerprint density at radius 3 is 3.07 bits per heavy atom. The monoisotopic (exact) mass is 220 g/mol. The van der Waals surface area contributed by atoms with E-state index in [1.54, 1.807) is 6.20 Å². The minimum Gasteiger partial charge on any atom is -0.304 e. The summed E-state index contributed by atoms with van der Waals surface area (Å²) in [6.45, 7) is 2.89. The molecule has 78 valence electrons. The second-order valence-corrected chi connectivity index (χ2v) is 3.61. The topological polar surface area (TPSA) is 46.5 Å². The van der Waals surface area contributed by atoms with Crippen LogP contribution in [0.1, 0.15) is 18.3 Å². The van der Waals surface area contributed by atoms with Crippen molar-refractivity contribution >= 4 is 12.2 Å². The van der Waals surface area contributed by atoms with Crippen molar-refractivity contribution in [2.24, 2.45) is 0 Å². The van der Waals surface area contributed by atoms with Crippen molar-refractivity contribution < 1.29 is 0 Å². The molecule has 0 aliphatic heterocycles. The maximum Gasteiger partial charge on any atom is 0.195 e. The number of nitrogens with one attached hydrogen (secondary N) is 1. The molecule has 4 nitrogen and oxygen atoms in total. The lowest BCUT2D eigenvalue weighted by molar-refractivity contribution is 0.703. The van der Waals surface area contributed by atoms with E-state index >= 15 is 0 Å². The molecule has 0 radical (unpaired) electrons. The Balaban J connectivity index is 2.29. The van der Waals surface area contributed by atoms with Crippen LogP contribution in [0, 0.1) is 4.77 Å². The Morgan fingerprint density at radius 2 is 2.40 bits per heavy atom. The van der Waals surface area contributed by atoms with Crippen molar-refractivity contribution in [3.63, 3.8) is 0 Å². The van der Waals surface area contributed by atoms with Gasteiger partial charge in [-0.05, 0) is 30.8 Å². The number of hydrogen-bond acceptors (Lipinski definition) is 3. The molecule has 0 saturated carbocycles. The highest BCUT2D eigenvalue weighted by Gasteiger charge is 2.04. The fourth-order valence-corrected chi connectivity index (χ4v) is 1.78. The highest BCUT2D eigenvalue weighted by atomic mass is 32.1. The first kappa shape index (κ1) is 10.0. The van der Waals surface area contributed by atoms with Crippen LogP contribution in [0.25, 0.3) is 0 Å². The number of hydrogen-bond donors (Lipinski definition) is 1. The zero-order valence-corrected chi connectivity index (χ0v) is 9.29. The summed E-state index contributed by atoms with van der Waals surface area (Å²) in [5.41, 5.74) is 1.14.